The van der Waals surface area contributed by atoms with Gasteiger partial charge in [-0.3, -0.25) is 0 Å². The highest BCUT2D eigenvalue weighted by Crippen LogP contribution is 2.62. The molecule has 0 N–H and O–H groups in total. The molecule has 1 nitrogen and oxygen atoms in total. The molecule has 116 valence electrons. The first-order valence-electron chi connectivity index (χ1n) is 9.22. The van der Waals surface area contributed by atoms with Crippen molar-refractivity contribution in [3.63, 3.8) is 0 Å². The van der Waals surface area contributed by atoms with Crippen LogP contribution in [0.2, 0.25) is 18.1 Å². The average Bonchev–Trinajstić information content (AvgIpc) is 2.43. The van der Waals surface area contributed by atoms with Crippen molar-refractivity contribution in [2.24, 2.45) is 23.2 Å². The van der Waals surface area contributed by atoms with Crippen LogP contribution in [-0.2, 0) is 4.43 Å². The van der Waals surface area contributed by atoms with Gasteiger partial charge in [-0.15, -0.1) is 0 Å². The molecule has 4 aliphatic carbocycles. The normalized spacial score (nSPS) is 41.1. The van der Waals surface area contributed by atoms with Crippen LogP contribution in [0.3, 0.4) is 0 Å². The summed E-state index contributed by atoms with van der Waals surface area (Å²) in [6.45, 7) is 9.54. The molecule has 2 heteroatoms. The van der Waals surface area contributed by atoms with Crippen LogP contribution in [0.4, 0.5) is 0 Å². The molecule has 0 saturated heterocycles. The quantitative estimate of drug-likeness (QED) is 0.578. The molecule has 0 amide bonds. The SMILES string of the molecule is CC[Si](CC)(CC)OC(C)C12CC3CC(CC(C3)C1)C2. The Hall–Kier alpha value is 0.177. The Morgan fingerprint density at radius 3 is 1.65 bits per heavy atom. The topological polar surface area (TPSA) is 9.23 Å². The summed E-state index contributed by atoms with van der Waals surface area (Å²) in [5, 5.41) is 0. The Morgan fingerprint density at radius 1 is 0.900 bits per heavy atom. The fraction of sp³-hybridized carbons (Fsp3) is 1.00. The van der Waals surface area contributed by atoms with Gasteiger partial charge in [-0.25, -0.2) is 0 Å². The van der Waals surface area contributed by atoms with Crippen LogP contribution in [0.25, 0.3) is 0 Å². The highest BCUT2D eigenvalue weighted by Gasteiger charge is 2.54. The molecule has 4 rings (SSSR count). The van der Waals surface area contributed by atoms with Crippen molar-refractivity contribution in [2.45, 2.75) is 90.5 Å². The Kier molecular flexibility index (Phi) is 4.09. The van der Waals surface area contributed by atoms with Gasteiger partial charge in [0.2, 0.25) is 0 Å². The molecule has 0 aromatic carbocycles. The molecule has 4 saturated carbocycles. The molecule has 0 aromatic heterocycles. The second kappa shape index (κ2) is 5.42. The molecule has 0 aliphatic heterocycles. The minimum absolute atomic E-state index is 0.530. The van der Waals surface area contributed by atoms with Crippen LogP contribution < -0.4 is 0 Å². The Balaban J connectivity index is 1.75. The fourth-order valence-electron chi connectivity index (χ4n) is 6.18. The average molecular weight is 295 g/mol. The lowest BCUT2D eigenvalue weighted by molar-refractivity contribution is -0.108. The second-order valence-corrected chi connectivity index (χ2v) is 13.0. The van der Waals surface area contributed by atoms with Crippen LogP contribution in [0, 0.1) is 23.2 Å². The zero-order valence-corrected chi connectivity index (χ0v) is 15.1. The zero-order chi connectivity index (χ0) is 14.4. The first kappa shape index (κ1) is 15.1. The van der Waals surface area contributed by atoms with E-state index in [1.54, 1.807) is 19.3 Å². The molecule has 0 aromatic rings. The van der Waals surface area contributed by atoms with Crippen molar-refractivity contribution in [1.29, 1.82) is 0 Å². The summed E-state index contributed by atoms with van der Waals surface area (Å²) in [6.07, 6.45) is 9.63. The van der Waals surface area contributed by atoms with Gasteiger partial charge in [0, 0.05) is 6.10 Å². The predicted molar refractivity (Wildman–Crippen MR) is 88.3 cm³/mol. The van der Waals surface area contributed by atoms with Crippen LogP contribution >= 0.6 is 0 Å². The van der Waals surface area contributed by atoms with Gasteiger partial charge >= 0.3 is 0 Å². The largest absolute Gasteiger partial charge is 0.414 e. The van der Waals surface area contributed by atoms with E-state index < -0.39 is 8.32 Å². The first-order chi connectivity index (χ1) is 9.54. The van der Waals surface area contributed by atoms with Crippen molar-refractivity contribution in [2.75, 3.05) is 0 Å². The maximum Gasteiger partial charge on any atom is 0.192 e. The molecule has 0 spiro atoms. The summed E-state index contributed by atoms with van der Waals surface area (Å²) in [7, 11) is -1.43. The predicted octanol–water partition coefficient (Wildman–Crippen LogP) is 5.61. The first-order valence-corrected chi connectivity index (χ1v) is 11.8. The summed E-state index contributed by atoms with van der Waals surface area (Å²) < 4.78 is 6.91. The van der Waals surface area contributed by atoms with Gasteiger partial charge < -0.3 is 4.43 Å². The molecule has 0 radical (unpaired) electrons. The summed E-state index contributed by atoms with van der Waals surface area (Å²) in [6, 6.07) is 3.91. The third kappa shape index (κ3) is 2.41. The molecule has 20 heavy (non-hydrogen) atoms. The number of hydrogen-bond acceptors (Lipinski definition) is 1. The van der Waals surface area contributed by atoms with Crippen LogP contribution in [-0.4, -0.2) is 14.4 Å². The standard InChI is InChI=1S/C18H34OSi/c1-5-20(6-2,7-3)19-14(4)18-11-15-8-16(12-18)10-17(9-15)13-18/h14-17H,5-13H2,1-4H3. The van der Waals surface area contributed by atoms with Crippen LogP contribution in [0.15, 0.2) is 0 Å². The van der Waals surface area contributed by atoms with Crippen molar-refractivity contribution < 1.29 is 4.43 Å². The Bertz CT molecular complexity index is 304. The van der Waals surface area contributed by atoms with E-state index in [0.29, 0.717) is 11.5 Å². The van der Waals surface area contributed by atoms with Gasteiger partial charge in [0.15, 0.2) is 8.32 Å². The van der Waals surface area contributed by atoms with Gasteiger partial charge in [0.1, 0.15) is 0 Å². The van der Waals surface area contributed by atoms with E-state index in [2.05, 4.69) is 27.7 Å². The van der Waals surface area contributed by atoms with E-state index in [1.165, 1.54) is 37.4 Å². The van der Waals surface area contributed by atoms with E-state index in [-0.39, 0.29) is 0 Å². The van der Waals surface area contributed by atoms with Crippen molar-refractivity contribution >= 4 is 8.32 Å². The minimum Gasteiger partial charge on any atom is -0.414 e. The van der Waals surface area contributed by atoms with E-state index in [9.17, 15) is 0 Å². The highest BCUT2D eigenvalue weighted by atomic mass is 28.4. The molecule has 4 bridgehead atoms. The van der Waals surface area contributed by atoms with Crippen LogP contribution in [0.1, 0.15) is 66.2 Å². The smallest absolute Gasteiger partial charge is 0.192 e. The molecule has 4 fully saturated rings. The third-order valence-electron chi connectivity index (χ3n) is 7.31. The van der Waals surface area contributed by atoms with E-state index in [4.69, 9.17) is 4.43 Å². The molecule has 0 heterocycles. The van der Waals surface area contributed by atoms with Gasteiger partial charge in [0.25, 0.3) is 0 Å². The van der Waals surface area contributed by atoms with Gasteiger partial charge in [-0.05, 0) is 86.7 Å². The molecule has 1 unspecified atom stereocenters. The summed E-state index contributed by atoms with van der Waals surface area (Å²) in [4.78, 5) is 0. The monoisotopic (exact) mass is 294 g/mol. The molecular weight excluding hydrogens is 260 g/mol. The lowest BCUT2D eigenvalue weighted by atomic mass is 9.48. The summed E-state index contributed by atoms with van der Waals surface area (Å²) >= 11 is 0. The Labute approximate surface area is 127 Å². The highest BCUT2D eigenvalue weighted by molar-refractivity contribution is 6.73. The molecular formula is C18H34OSi. The van der Waals surface area contributed by atoms with Crippen LogP contribution in [0.5, 0.6) is 0 Å². The number of hydrogen-bond donors (Lipinski definition) is 0. The summed E-state index contributed by atoms with van der Waals surface area (Å²) in [5.74, 6) is 3.15. The molecule has 4 aliphatic rings. The third-order valence-corrected chi connectivity index (χ3v) is 12.0. The fourth-order valence-corrected chi connectivity index (χ4v) is 9.18. The Morgan fingerprint density at radius 2 is 1.30 bits per heavy atom. The van der Waals surface area contributed by atoms with E-state index in [0.717, 1.165) is 17.8 Å². The van der Waals surface area contributed by atoms with E-state index >= 15 is 0 Å². The van der Waals surface area contributed by atoms with Gasteiger partial charge in [0.05, 0.1) is 0 Å². The maximum absolute atomic E-state index is 6.91. The summed E-state index contributed by atoms with van der Waals surface area (Å²) in [5.41, 5.74) is 0.576. The van der Waals surface area contributed by atoms with Crippen molar-refractivity contribution in [1.82, 2.24) is 0 Å². The van der Waals surface area contributed by atoms with E-state index in [1.807, 2.05) is 0 Å². The van der Waals surface area contributed by atoms with Crippen molar-refractivity contribution in [3.8, 4) is 0 Å². The zero-order valence-electron chi connectivity index (χ0n) is 14.1. The maximum atomic E-state index is 6.91. The van der Waals surface area contributed by atoms with Crippen molar-refractivity contribution in [3.05, 3.63) is 0 Å². The lowest BCUT2D eigenvalue weighted by Crippen LogP contribution is -2.54. The number of rotatable bonds is 6. The lowest BCUT2D eigenvalue weighted by Gasteiger charge is -2.59. The van der Waals surface area contributed by atoms with Gasteiger partial charge in [-0.1, -0.05) is 20.8 Å². The van der Waals surface area contributed by atoms with Gasteiger partial charge in [-0.2, -0.15) is 0 Å². The molecule has 1 atom stereocenters. The minimum atomic E-state index is -1.43. The second-order valence-electron chi connectivity index (χ2n) is 8.28.